The molecule has 12 heavy (non-hydrogen) atoms. The third-order valence-electron chi connectivity index (χ3n) is 1.62. The van der Waals surface area contributed by atoms with Crippen LogP contribution in [0.1, 0.15) is 6.92 Å². The van der Waals surface area contributed by atoms with Crippen LogP contribution in [0.4, 0.5) is 5.13 Å². The average molecular weight is 185 g/mol. The van der Waals surface area contributed by atoms with Crippen LogP contribution in [0.3, 0.4) is 0 Å². The van der Waals surface area contributed by atoms with Crippen molar-refractivity contribution in [1.82, 2.24) is 10.3 Å². The zero-order chi connectivity index (χ0) is 8.81. The van der Waals surface area contributed by atoms with E-state index < -0.39 is 0 Å². The summed E-state index contributed by atoms with van der Waals surface area (Å²) in [5.41, 5.74) is 0. The first kappa shape index (κ1) is 9.48. The Kier molecular flexibility index (Phi) is 4.04. The van der Waals surface area contributed by atoms with Gasteiger partial charge in [-0.1, -0.05) is 6.92 Å². The molecule has 4 heteroatoms. The van der Waals surface area contributed by atoms with Crippen molar-refractivity contribution in [2.75, 3.05) is 31.6 Å². The number of nitrogens with zero attached hydrogens (tertiary/aromatic N) is 2. The lowest BCUT2D eigenvalue weighted by atomic mass is 10.5. The number of hydrogen-bond acceptors (Lipinski definition) is 4. The molecule has 1 rings (SSSR count). The summed E-state index contributed by atoms with van der Waals surface area (Å²) in [5, 5.41) is 6.37. The average Bonchev–Trinajstić information content (AvgIpc) is 2.56. The molecule has 68 valence electrons. The molecule has 0 aliphatic carbocycles. The number of aromatic nitrogens is 1. The normalized spacial score (nSPS) is 10.2. The summed E-state index contributed by atoms with van der Waals surface area (Å²) >= 11 is 1.68. The van der Waals surface area contributed by atoms with Gasteiger partial charge in [0.05, 0.1) is 0 Å². The number of anilines is 1. The largest absolute Gasteiger partial charge is 0.350 e. The summed E-state index contributed by atoms with van der Waals surface area (Å²) in [5.74, 6) is 0. The van der Waals surface area contributed by atoms with E-state index in [1.165, 1.54) is 0 Å². The topological polar surface area (TPSA) is 28.2 Å². The van der Waals surface area contributed by atoms with Gasteiger partial charge in [0, 0.05) is 31.7 Å². The van der Waals surface area contributed by atoms with E-state index in [4.69, 9.17) is 0 Å². The van der Waals surface area contributed by atoms with Gasteiger partial charge >= 0.3 is 0 Å². The number of nitrogens with one attached hydrogen (secondary N) is 1. The molecule has 1 aromatic heterocycles. The third-order valence-corrected chi connectivity index (χ3v) is 2.51. The lowest BCUT2D eigenvalue weighted by molar-refractivity contribution is 0.705. The molecule has 0 unspecified atom stereocenters. The summed E-state index contributed by atoms with van der Waals surface area (Å²) in [7, 11) is 2.07. The second-order valence-electron chi connectivity index (χ2n) is 2.59. The Labute approximate surface area is 77.4 Å². The molecule has 0 atom stereocenters. The van der Waals surface area contributed by atoms with E-state index >= 15 is 0 Å². The zero-order valence-electron chi connectivity index (χ0n) is 7.58. The van der Waals surface area contributed by atoms with Crippen molar-refractivity contribution in [1.29, 1.82) is 0 Å². The highest BCUT2D eigenvalue weighted by Crippen LogP contribution is 2.14. The van der Waals surface area contributed by atoms with Gasteiger partial charge in [-0.05, 0) is 6.54 Å². The number of rotatable bonds is 5. The van der Waals surface area contributed by atoms with Gasteiger partial charge in [-0.3, -0.25) is 0 Å². The SMILES string of the molecule is CCNCCN(C)c1nccs1. The Hall–Kier alpha value is -0.610. The molecule has 1 N–H and O–H groups in total. The van der Waals surface area contributed by atoms with Crippen molar-refractivity contribution in [3.8, 4) is 0 Å². The van der Waals surface area contributed by atoms with Gasteiger partial charge in [0.2, 0.25) is 0 Å². The van der Waals surface area contributed by atoms with Gasteiger partial charge in [-0.2, -0.15) is 0 Å². The van der Waals surface area contributed by atoms with E-state index in [1.807, 2.05) is 11.6 Å². The van der Waals surface area contributed by atoms with Crippen LogP contribution in [-0.4, -0.2) is 31.7 Å². The Morgan fingerprint density at radius 3 is 3.08 bits per heavy atom. The molecule has 1 heterocycles. The molecule has 0 saturated carbocycles. The summed E-state index contributed by atoms with van der Waals surface area (Å²) in [6, 6.07) is 0. The standard InChI is InChI=1S/C8H15N3S/c1-3-9-4-6-11(2)8-10-5-7-12-8/h5,7,9H,3-4,6H2,1-2H3. The third kappa shape index (κ3) is 2.79. The van der Waals surface area contributed by atoms with Crippen LogP contribution in [0.25, 0.3) is 0 Å². The van der Waals surface area contributed by atoms with Crippen LogP contribution in [0.2, 0.25) is 0 Å². The minimum absolute atomic E-state index is 1.02. The number of hydrogen-bond donors (Lipinski definition) is 1. The van der Waals surface area contributed by atoms with Crippen LogP contribution in [0.15, 0.2) is 11.6 Å². The highest BCUT2D eigenvalue weighted by Gasteiger charge is 2.00. The maximum atomic E-state index is 4.21. The maximum Gasteiger partial charge on any atom is 0.185 e. The Bertz CT molecular complexity index is 198. The zero-order valence-corrected chi connectivity index (χ0v) is 8.40. The van der Waals surface area contributed by atoms with Crippen LogP contribution in [0.5, 0.6) is 0 Å². The summed E-state index contributed by atoms with van der Waals surface area (Å²) < 4.78 is 0. The molecule has 0 aliphatic heterocycles. The van der Waals surface area contributed by atoms with E-state index in [0.29, 0.717) is 0 Å². The Balaban J connectivity index is 2.25. The fourth-order valence-electron chi connectivity index (χ4n) is 0.924. The summed E-state index contributed by atoms with van der Waals surface area (Å²) in [6.07, 6.45) is 1.84. The van der Waals surface area contributed by atoms with Crippen LogP contribution in [0, 0.1) is 0 Å². The second-order valence-corrected chi connectivity index (χ2v) is 3.46. The van der Waals surface area contributed by atoms with Gasteiger partial charge in [0.25, 0.3) is 0 Å². The van der Waals surface area contributed by atoms with Gasteiger partial charge in [0.1, 0.15) is 0 Å². The Morgan fingerprint density at radius 1 is 1.67 bits per heavy atom. The number of thiazole rings is 1. The van der Waals surface area contributed by atoms with Gasteiger partial charge in [0.15, 0.2) is 5.13 Å². The molecular weight excluding hydrogens is 170 g/mol. The highest BCUT2D eigenvalue weighted by molar-refractivity contribution is 7.13. The molecule has 0 aliphatic rings. The molecule has 0 saturated heterocycles. The minimum Gasteiger partial charge on any atom is -0.350 e. The quantitative estimate of drug-likeness (QED) is 0.698. The molecule has 0 fully saturated rings. The van der Waals surface area contributed by atoms with Crippen LogP contribution in [-0.2, 0) is 0 Å². The predicted octanol–water partition coefficient (Wildman–Crippen LogP) is 1.19. The first-order valence-electron chi connectivity index (χ1n) is 4.16. The molecule has 3 nitrogen and oxygen atoms in total. The van der Waals surface area contributed by atoms with Crippen molar-refractivity contribution in [3.05, 3.63) is 11.6 Å². The molecular formula is C8H15N3S. The monoisotopic (exact) mass is 185 g/mol. The van der Waals surface area contributed by atoms with Gasteiger partial charge in [-0.25, -0.2) is 4.98 Å². The molecule has 0 amide bonds. The molecule has 0 radical (unpaired) electrons. The molecule has 0 spiro atoms. The van der Waals surface area contributed by atoms with Crippen molar-refractivity contribution >= 4 is 16.5 Å². The van der Waals surface area contributed by atoms with E-state index in [9.17, 15) is 0 Å². The number of likely N-dealkylation sites (N-methyl/N-ethyl adjacent to an activating group) is 2. The first-order chi connectivity index (χ1) is 5.84. The lowest BCUT2D eigenvalue weighted by Crippen LogP contribution is -2.28. The van der Waals surface area contributed by atoms with E-state index in [0.717, 1.165) is 24.8 Å². The summed E-state index contributed by atoms with van der Waals surface area (Å²) in [6.45, 7) is 5.18. The van der Waals surface area contributed by atoms with E-state index in [-0.39, 0.29) is 0 Å². The molecule has 1 aromatic rings. The second kappa shape index (κ2) is 5.11. The van der Waals surface area contributed by atoms with Crippen LogP contribution < -0.4 is 10.2 Å². The van der Waals surface area contributed by atoms with Crippen molar-refractivity contribution < 1.29 is 0 Å². The Morgan fingerprint density at radius 2 is 2.50 bits per heavy atom. The molecule has 0 bridgehead atoms. The van der Waals surface area contributed by atoms with Gasteiger partial charge < -0.3 is 10.2 Å². The first-order valence-corrected chi connectivity index (χ1v) is 5.04. The minimum atomic E-state index is 1.02. The lowest BCUT2D eigenvalue weighted by Gasteiger charge is -2.15. The summed E-state index contributed by atoms with van der Waals surface area (Å²) in [4.78, 5) is 6.37. The predicted molar refractivity (Wildman–Crippen MR) is 53.9 cm³/mol. The fraction of sp³-hybridized carbons (Fsp3) is 0.625. The smallest absolute Gasteiger partial charge is 0.185 e. The fourth-order valence-corrected chi connectivity index (χ4v) is 1.56. The van der Waals surface area contributed by atoms with Crippen LogP contribution >= 0.6 is 11.3 Å². The highest BCUT2D eigenvalue weighted by atomic mass is 32.1. The molecule has 0 aromatic carbocycles. The van der Waals surface area contributed by atoms with E-state index in [2.05, 4.69) is 29.2 Å². The van der Waals surface area contributed by atoms with Crippen molar-refractivity contribution in [2.24, 2.45) is 0 Å². The van der Waals surface area contributed by atoms with Crippen molar-refractivity contribution in [3.63, 3.8) is 0 Å². The van der Waals surface area contributed by atoms with Crippen molar-refractivity contribution in [2.45, 2.75) is 6.92 Å². The van der Waals surface area contributed by atoms with Gasteiger partial charge in [-0.15, -0.1) is 11.3 Å². The maximum absolute atomic E-state index is 4.21. The van der Waals surface area contributed by atoms with E-state index in [1.54, 1.807) is 11.3 Å².